The zero-order valence-electron chi connectivity index (χ0n) is 9.59. The SMILES string of the molecule is CCCOCC(NC)c1cc(Br)ccc1Br. The number of likely N-dealkylation sites (N-methyl/N-ethyl adjacent to an activating group) is 1. The Kier molecular flexibility index (Phi) is 6.58. The van der Waals surface area contributed by atoms with Crippen LogP contribution in [0.15, 0.2) is 27.1 Å². The number of ether oxygens (including phenoxy) is 1. The summed E-state index contributed by atoms with van der Waals surface area (Å²) in [5.74, 6) is 0. The van der Waals surface area contributed by atoms with Crippen LogP contribution in [0.4, 0.5) is 0 Å². The second-order valence-electron chi connectivity index (χ2n) is 3.58. The van der Waals surface area contributed by atoms with Crippen LogP contribution in [-0.4, -0.2) is 20.3 Å². The zero-order chi connectivity index (χ0) is 12.0. The molecule has 2 nitrogen and oxygen atoms in total. The van der Waals surface area contributed by atoms with Gasteiger partial charge >= 0.3 is 0 Å². The van der Waals surface area contributed by atoms with Gasteiger partial charge in [0.1, 0.15) is 0 Å². The molecule has 0 bridgehead atoms. The normalized spacial score (nSPS) is 12.8. The number of rotatable bonds is 6. The highest BCUT2D eigenvalue weighted by molar-refractivity contribution is 9.11. The van der Waals surface area contributed by atoms with Crippen molar-refractivity contribution in [3.8, 4) is 0 Å². The maximum absolute atomic E-state index is 5.59. The van der Waals surface area contributed by atoms with E-state index in [1.807, 2.05) is 19.2 Å². The van der Waals surface area contributed by atoms with Crippen LogP contribution in [0.2, 0.25) is 0 Å². The topological polar surface area (TPSA) is 21.3 Å². The van der Waals surface area contributed by atoms with Gasteiger partial charge < -0.3 is 10.1 Å². The Morgan fingerprint density at radius 1 is 1.38 bits per heavy atom. The molecule has 0 aliphatic heterocycles. The second-order valence-corrected chi connectivity index (χ2v) is 5.35. The Balaban J connectivity index is 2.73. The molecule has 4 heteroatoms. The third kappa shape index (κ3) is 4.17. The monoisotopic (exact) mass is 349 g/mol. The molecule has 0 aliphatic rings. The van der Waals surface area contributed by atoms with Crippen LogP contribution >= 0.6 is 31.9 Å². The molecule has 90 valence electrons. The van der Waals surface area contributed by atoms with Crippen LogP contribution in [0.3, 0.4) is 0 Å². The fourth-order valence-corrected chi connectivity index (χ4v) is 2.36. The molecule has 0 aliphatic carbocycles. The Hall–Kier alpha value is 0.1000. The summed E-state index contributed by atoms with van der Waals surface area (Å²) in [6.45, 7) is 3.62. The number of hydrogen-bond acceptors (Lipinski definition) is 2. The van der Waals surface area contributed by atoms with Crippen molar-refractivity contribution < 1.29 is 4.74 Å². The highest BCUT2D eigenvalue weighted by Gasteiger charge is 2.12. The van der Waals surface area contributed by atoms with Crippen molar-refractivity contribution in [2.75, 3.05) is 20.3 Å². The van der Waals surface area contributed by atoms with Gasteiger partial charge in [-0.3, -0.25) is 0 Å². The molecule has 0 amide bonds. The minimum absolute atomic E-state index is 0.221. The summed E-state index contributed by atoms with van der Waals surface area (Å²) in [4.78, 5) is 0. The van der Waals surface area contributed by atoms with Gasteiger partial charge in [0, 0.05) is 15.6 Å². The first-order valence-corrected chi connectivity index (χ1v) is 6.97. The van der Waals surface area contributed by atoms with Gasteiger partial charge in [0.25, 0.3) is 0 Å². The summed E-state index contributed by atoms with van der Waals surface area (Å²) in [5, 5.41) is 3.27. The summed E-state index contributed by atoms with van der Waals surface area (Å²) in [5.41, 5.74) is 1.22. The average Bonchev–Trinajstić information content (AvgIpc) is 2.28. The molecular weight excluding hydrogens is 334 g/mol. The number of halogens is 2. The van der Waals surface area contributed by atoms with E-state index in [1.165, 1.54) is 5.56 Å². The van der Waals surface area contributed by atoms with Crippen LogP contribution in [0, 0.1) is 0 Å². The molecular formula is C12H17Br2NO. The lowest BCUT2D eigenvalue weighted by Gasteiger charge is -2.18. The Bertz CT molecular complexity index is 331. The highest BCUT2D eigenvalue weighted by Crippen LogP contribution is 2.27. The molecule has 1 rings (SSSR count). The summed E-state index contributed by atoms with van der Waals surface area (Å²) in [7, 11) is 1.95. The van der Waals surface area contributed by atoms with Gasteiger partial charge in [-0.2, -0.15) is 0 Å². The highest BCUT2D eigenvalue weighted by atomic mass is 79.9. The standard InChI is InChI=1S/C12H17Br2NO/c1-3-6-16-8-12(15-2)10-7-9(13)4-5-11(10)14/h4-5,7,12,15H,3,6,8H2,1-2H3. The molecule has 1 aromatic carbocycles. The summed E-state index contributed by atoms with van der Waals surface area (Å²) in [6.07, 6.45) is 1.05. The molecule has 0 spiro atoms. The fraction of sp³-hybridized carbons (Fsp3) is 0.500. The minimum atomic E-state index is 0.221. The lowest BCUT2D eigenvalue weighted by Crippen LogP contribution is -2.22. The Morgan fingerprint density at radius 2 is 2.12 bits per heavy atom. The molecule has 0 saturated heterocycles. The van der Waals surface area contributed by atoms with E-state index in [0.717, 1.165) is 22.0 Å². The van der Waals surface area contributed by atoms with Crippen LogP contribution in [0.5, 0.6) is 0 Å². The first-order valence-electron chi connectivity index (χ1n) is 5.39. The second kappa shape index (κ2) is 7.43. The predicted octanol–water partition coefficient (Wildman–Crippen LogP) is 3.90. The van der Waals surface area contributed by atoms with E-state index in [0.29, 0.717) is 6.61 Å². The van der Waals surface area contributed by atoms with Gasteiger partial charge in [0.15, 0.2) is 0 Å². The van der Waals surface area contributed by atoms with Crippen LogP contribution in [0.1, 0.15) is 24.9 Å². The lowest BCUT2D eigenvalue weighted by molar-refractivity contribution is 0.114. The first kappa shape index (κ1) is 14.2. The molecule has 0 heterocycles. The Morgan fingerprint density at radius 3 is 2.75 bits per heavy atom. The quantitative estimate of drug-likeness (QED) is 0.785. The molecule has 1 aromatic rings. The van der Waals surface area contributed by atoms with E-state index in [-0.39, 0.29) is 6.04 Å². The molecule has 16 heavy (non-hydrogen) atoms. The van der Waals surface area contributed by atoms with E-state index in [2.05, 4.69) is 50.2 Å². The van der Waals surface area contributed by atoms with Gasteiger partial charge in [0.05, 0.1) is 12.6 Å². The van der Waals surface area contributed by atoms with E-state index in [1.54, 1.807) is 0 Å². The van der Waals surface area contributed by atoms with Gasteiger partial charge in [-0.25, -0.2) is 0 Å². The molecule has 0 aromatic heterocycles. The van der Waals surface area contributed by atoms with E-state index in [4.69, 9.17) is 4.74 Å². The van der Waals surface area contributed by atoms with Crippen LogP contribution in [-0.2, 0) is 4.74 Å². The Labute approximate surface area is 114 Å². The van der Waals surface area contributed by atoms with E-state index >= 15 is 0 Å². The van der Waals surface area contributed by atoms with Crippen molar-refractivity contribution in [2.45, 2.75) is 19.4 Å². The first-order chi connectivity index (χ1) is 7.69. The lowest BCUT2D eigenvalue weighted by atomic mass is 10.1. The van der Waals surface area contributed by atoms with Gasteiger partial charge in [-0.15, -0.1) is 0 Å². The van der Waals surface area contributed by atoms with Crippen molar-refractivity contribution in [1.82, 2.24) is 5.32 Å². The fourth-order valence-electron chi connectivity index (χ4n) is 1.46. The molecule has 0 radical (unpaired) electrons. The molecule has 1 unspecified atom stereocenters. The number of nitrogens with one attached hydrogen (secondary N) is 1. The predicted molar refractivity (Wildman–Crippen MR) is 74.8 cm³/mol. The summed E-state index contributed by atoms with van der Waals surface area (Å²) >= 11 is 7.05. The van der Waals surface area contributed by atoms with Crippen molar-refractivity contribution >= 4 is 31.9 Å². The maximum Gasteiger partial charge on any atom is 0.0661 e. The van der Waals surface area contributed by atoms with Gasteiger partial charge in [-0.05, 0) is 37.2 Å². The minimum Gasteiger partial charge on any atom is -0.379 e. The maximum atomic E-state index is 5.59. The summed E-state index contributed by atoms with van der Waals surface area (Å²) < 4.78 is 7.78. The van der Waals surface area contributed by atoms with Crippen molar-refractivity contribution in [3.05, 3.63) is 32.7 Å². The van der Waals surface area contributed by atoms with Crippen molar-refractivity contribution in [3.63, 3.8) is 0 Å². The van der Waals surface area contributed by atoms with E-state index < -0.39 is 0 Å². The summed E-state index contributed by atoms with van der Waals surface area (Å²) in [6, 6.07) is 6.40. The zero-order valence-corrected chi connectivity index (χ0v) is 12.8. The van der Waals surface area contributed by atoms with Crippen molar-refractivity contribution in [2.24, 2.45) is 0 Å². The molecule has 0 saturated carbocycles. The molecule has 1 atom stereocenters. The average molecular weight is 351 g/mol. The van der Waals surface area contributed by atoms with Crippen LogP contribution < -0.4 is 5.32 Å². The smallest absolute Gasteiger partial charge is 0.0661 e. The van der Waals surface area contributed by atoms with Crippen LogP contribution in [0.25, 0.3) is 0 Å². The van der Waals surface area contributed by atoms with Gasteiger partial charge in [-0.1, -0.05) is 38.8 Å². The largest absolute Gasteiger partial charge is 0.379 e. The molecule has 1 N–H and O–H groups in total. The van der Waals surface area contributed by atoms with Crippen molar-refractivity contribution in [1.29, 1.82) is 0 Å². The number of hydrogen-bond donors (Lipinski definition) is 1. The van der Waals surface area contributed by atoms with Gasteiger partial charge in [0.2, 0.25) is 0 Å². The van der Waals surface area contributed by atoms with E-state index in [9.17, 15) is 0 Å². The third-order valence-electron chi connectivity index (χ3n) is 2.31. The third-order valence-corrected chi connectivity index (χ3v) is 3.53. The number of benzene rings is 1. The molecule has 0 fully saturated rings.